The summed E-state index contributed by atoms with van der Waals surface area (Å²) in [5.41, 5.74) is 2.00. The molecule has 0 bridgehead atoms. The predicted octanol–water partition coefficient (Wildman–Crippen LogP) is 4.68. The van der Waals surface area contributed by atoms with Crippen LogP contribution in [0.2, 0.25) is 10.0 Å². The number of nitrogens with zero attached hydrogens (tertiary/aromatic N) is 2. The molecule has 1 N–H and O–H groups in total. The second-order valence-corrected chi connectivity index (χ2v) is 10.2. The van der Waals surface area contributed by atoms with Gasteiger partial charge < -0.3 is 10.2 Å². The molecule has 1 heterocycles. The molecule has 1 aliphatic rings. The fourth-order valence-corrected chi connectivity index (χ4v) is 5.67. The number of carbonyl (C=O) groups excluding carboxylic acids is 1. The summed E-state index contributed by atoms with van der Waals surface area (Å²) >= 11 is 12.4. The minimum atomic E-state index is -1.42. The van der Waals surface area contributed by atoms with Crippen molar-refractivity contribution in [3.63, 3.8) is 0 Å². The Morgan fingerprint density at radius 1 is 1.23 bits per heavy atom. The van der Waals surface area contributed by atoms with Crippen LogP contribution in [-0.2, 0) is 15.8 Å². The Bertz CT molecular complexity index is 927. The van der Waals surface area contributed by atoms with Crippen LogP contribution in [0.3, 0.4) is 0 Å². The van der Waals surface area contributed by atoms with Crippen LogP contribution in [0.15, 0.2) is 47.4 Å². The summed E-state index contributed by atoms with van der Waals surface area (Å²) in [7, 11) is 0.635. The zero-order valence-corrected chi connectivity index (χ0v) is 20.3. The van der Waals surface area contributed by atoms with Crippen LogP contribution in [0.1, 0.15) is 24.8 Å². The third-order valence-electron chi connectivity index (χ3n) is 5.56. The predicted molar refractivity (Wildman–Crippen MR) is 129 cm³/mol. The molecule has 31 heavy (non-hydrogen) atoms. The molecule has 0 radical (unpaired) electrons. The molecule has 2 atom stereocenters. The lowest BCUT2D eigenvalue weighted by Gasteiger charge is -2.31. The number of hydrogen-bond acceptors (Lipinski definition) is 3. The van der Waals surface area contributed by atoms with Crippen LogP contribution in [0.5, 0.6) is 0 Å². The molecule has 2 unspecified atom stereocenters. The second kappa shape index (κ2) is 11.3. The zero-order chi connectivity index (χ0) is 22.4. The van der Waals surface area contributed by atoms with Crippen molar-refractivity contribution in [3.8, 4) is 0 Å². The van der Waals surface area contributed by atoms with E-state index in [-0.39, 0.29) is 11.8 Å². The molecular weight excluding hydrogens is 453 g/mol. The van der Waals surface area contributed by atoms with E-state index in [1.807, 2.05) is 29.4 Å². The molecule has 8 heteroatoms. The minimum absolute atomic E-state index is 0.0300. The molecule has 5 nitrogen and oxygen atoms in total. The van der Waals surface area contributed by atoms with Crippen molar-refractivity contribution in [2.24, 2.45) is 5.92 Å². The second-order valence-electron chi connectivity index (χ2n) is 7.91. The van der Waals surface area contributed by atoms with Crippen molar-refractivity contribution in [2.45, 2.75) is 31.1 Å². The van der Waals surface area contributed by atoms with Gasteiger partial charge >= 0.3 is 0 Å². The third-order valence-corrected chi connectivity index (χ3v) is 7.90. The molecule has 1 amide bonds. The molecule has 1 aliphatic heterocycles. The summed E-state index contributed by atoms with van der Waals surface area (Å²) in [5, 5.41) is 4.00. The maximum Gasteiger partial charge on any atom is 0.224 e. The maximum atomic E-state index is 13.1. The highest BCUT2D eigenvalue weighted by Gasteiger charge is 2.29. The van der Waals surface area contributed by atoms with Crippen LogP contribution in [0.4, 0.5) is 5.69 Å². The number of anilines is 1. The Labute approximate surface area is 197 Å². The van der Waals surface area contributed by atoms with Gasteiger partial charge in [0, 0.05) is 43.9 Å². The number of para-hydroxylation sites is 1. The first kappa shape index (κ1) is 24.1. The number of halogens is 2. The van der Waals surface area contributed by atoms with Gasteiger partial charge in [0.25, 0.3) is 0 Å². The number of hydrogen-bond donors (Lipinski definition) is 1. The molecule has 1 fully saturated rings. The van der Waals surface area contributed by atoms with E-state index in [0.29, 0.717) is 34.6 Å². The monoisotopic (exact) mass is 481 g/mol. The molecule has 0 aromatic heterocycles. The smallest absolute Gasteiger partial charge is 0.224 e. The fraction of sp³-hybridized carbons (Fsp3) is 0.435. The van der Waals surface area contributed by atoms with E-state index in [9.17, 15) is 9.00 Å². The topological polar surface area (TPSA) is 52.7 Å². The van der Waals surface area contributed by atoms with E-state index in [2.05, 4.69) is 29.4 Å². The van der Waals surface area contributed by atoms with E-state index in [4.69, 9.17) is 23.2 Å². The van der Waals surface area contributed by atoms with Gasteiger partial charge in [-0.05, 0) is 56.0 Å². The highest BCUT2D eigenvalue weighted by Crippen LogP contribution is 2.30. The number of benzene rings is 2. The fourth-order valence-electron chi connectivity index (χ4n) is 3.69. The average Bonchev–Trinajstić information content (AvgIpc) is 2.79. The molecular formula is C23H29Cl2N3O2S. The summed E-state index contributed by atoms with van der Waals surface area (Å²) in [6.45, 7) is 4.48. The number of carbonyl (C=O) groups is 1. The lowest BCUT2D eigenvalue weighted by Crippen LogP contribution is -2.44. The van der Waals surface area contributed by atoms with E-state index in [1.54, 1.807) is 12.1 Å². The van der Waals surface area contributed by atoms with Gasteiger partial charge in [-0.15, -0.1) is 0 Å². The molecule has 0 saturated carbocycles. The number of amides is 1. The molecule has 1 saturated heterocycles. The molecule has 0 aliphatic carbocycles. The van der Waals surface area contributed by atoms with Gasteiger partial charge in [0.2, 0.25) is 5.91 Å². The van der Waals surface area contributed by atoms with Crippen LogP contribution in [0.25, 0.3) is 0 Å². The highest BCUT2D eigenvalue weighted by atomic mass is 35.5. The van der Waals surface area contributed by atoms with Gasteiger partial charge in [0.15, 0.2) is 0 Å². The van der Waals surface area contributed by atoms with Crippen molar-refractivity contribution in [1.29, 1.82) is 0 Å². The minimum Gasteiger partial charge on any atom is -0.375 e. The summed E-state index contributed by atoms with van der Waals surface area (Å²) in [4.78, 5) is 15.4. The van der Waals surface area contributed by atoms with Crippen LogP contribution in [0, 0.1) is 12.8 Å². The first-order chi connectivity index (χ1) is 14.9. The average molecular weight is 482 g/mol. The Morgan fingerprint density at radius 3 is 2.71 bits per heavy atom. The lowest BCUT2D eigenvalue weighted by atomic mass is 9.99. The SMILES string of the molecule is Cc1cc(S(=O)N2CCCC(C(=O)NCCCN(C)c3ccccc3)C2)c(Cl)cc1Cl. The Hall–Kier alpha value is -1.60. The molecule has 3 rings (SSSR count). The van der Waals surface area contributed by atoms with Gasteiger partial charge in [-0.1, -0.05) is 41.4 Å². The number of aryl methyl sites for hydroxylation is 1. The standard InChI is InChI=1S/C23H29Cl2N3O2S/c1-17-14-22(21(25)15-20(17)24)31(30)28-13-6-8-18(16-28)23(29)26-11-7-12-27(2)19-9-4-3-5-10-19/h3-5,9-10,14-15,18H,6-8,11-13,16H2,1-2H3,(H,26,29). The first-order valence-electron chi connectivity index (χ1n) is 10.5. The summed E-state index contributed by atoms with van der Waals surface area (Å²) in [5.74, 6) is -0.140. The largest absolute Gasteiger partial charge is 0.375 e. The van der Waals surface area contributed by atoms with Gasteiger partial charge in [-0.3, -0.25) is 4.79 Å². The summed E-state index contributed by atoms with van der Waals surface area (Å²) < 4.78 is 14.9. The maximum absolute atomic E-state index is 13.1. The summed E-state index contributed by atoms with van der Waals surface area (Å²) in [6.07, 6.45) is 2.49. The molecule has 2 aromatic carbocycles. The number of nitrogens with one attached hydrogen (secondary N) is 1. The van der Waals surface area contributed by atoms with E-state index in [0.717, 1.165) is 37.1 Å². The van der Waals surface area contributed by atoms with Crippen LogP contribution >= 0.6 is 23.2 Å². The van der Waals surface area contributed by atoms with Crippen molar-refractivity contribution < 1.29 is 9.00 Å². The van der Waals surface area contributed by atoms with Crippen molar-refractivity contribution in [2.75, 3.05) is 38.1 Å². The Balaban J connectivity index is 1.49. The van der Waals surface area contributed by atoms with Gasteiger partial charge in [0.05, 0.1) is 15.8 Å². The number of piperidine rings is 1. The Kier molecular flexibility index (Phi) is 8.78. The zero-order valence-electron chi connectivity index (χ0n) is 17.9. The quantitative estimate of drug-likeness (QED) is 0.556. The normalized spacial score (nSPS) is 17.9. The molecule has 168 valence electrons. The van der Waals surface area contributed by atoms with Crippen molar-refractivity contribution in [3.05, 3.63) is 58.1 Å². The first-order valence-corrected chi connectivity index (χ1v) is 12.4. The molecule has 0 spiro atoms. The van der Waals surface area contributed by atoms with E-state index in [1.165, 1.54) is 0 Å². The Morgan fingerprint density at radius 2 is 1.97 bits per heavy atom. The highest BCUT2D eigenvalue weighted by molar-refractivity contribution is 7.82. The summed E-state index contributed by atoms with van der Waals surface area (Å²) in [6, 6.07) is 13.6. The van der Waals surface area contributed by atoms with Gasteiger partial charge in [-0.2, -0.15) is 0 Å². The van der Waals surface area contributed by atoms with Crippen LogP contribution in [-0.4, -0.2) is 47.6 Å². The lowest BCUT2D eigenvalue weighted by molar-refractivity contribution is -0.126. The van der Waals surface area contributed by atoms with Crippen LogP contribution < -0.4 is 10.2 Å². The van der Waals surface area contributed by atoms with Crippen molar-refractivity contribution >= 4 is 45.8 Å². The van der Waals surface area contributed by atoms with Crippen molar-refractivity contribution in [1.82, 2.24) is 9.62 Å². The van der Waals surface area contributed by atoms with E-state index < -0.39 is 11.0 Å². The van der Waals surface area contributed by atoms with Gasteiger partial charge in [-0.25, -0.2) is 8.51 Å². The van der Waals surface area contributed by atoms with Gasteiger partial charge in [0.1, 0.15) is 11.0 Å². The number of rotatable bonds is 8. The third kappa shape index (κ3) is 6.45. The van der Waals surface area contributed by atoms with E-state index >= 15 is 0 Å². The molecule has 2 aromatic rings.